The molecular formula is C11H9N5. The first kappa shape index (κ1) is 10.1. The van der Waals surface area contributed by atoms with E-state index in [-0.39, 0.29) is 11.4 Å². The lowest BCUT2D eigenvalue weighted by molar-refractivity contribution is 1.11. The first-order valence-electron chi connectivity index (χ1n) is 4.67. The molecule has 0 atom stereocenters. The van der Waals surface area contributed by atoms with Gasteiger partial charge in [0.1, 0.15) is 23.1 Å². The second-order valence-electron chi connectivity index (χ2n) is 3.27. The number of nitrogens with zero attached hydrogens (tertiary/aromatic N) is 4. The van der Waals surface area contributed by atoms with Gasteiger partial charge < -0.3 is 5.73 Å². The normalized spacial score (nSPS) is 9.75. The van der Waals surface area contributed by atoms with Gasteiger partial charge in [0, 0.05) is 5.69 Å². The van der Waals surface area contributed by atoms with E-state index < -0.39 is 0 Å². The molecule has 0 aromatic carbocycles. The van der Waals surface area contributed by atoms with Crippen LogP contribution in [0.5, 0.6) is 0 Å². The van der Waals surface area contributed by atoms with Crippen LogP contribution in [0.25, 0.3) is 11.5 Å². The van der Waals surface area contributed by atoms with Crippen molar-refractivity contribution in [1.82, 2.24) is 15.0 Å². The number of hydrogen-bond donors (Lipinski definition) is 1. The minimum Gasteiger partial charge on any atom is -0.382 e. The summed E-state index contributed by atoms with van der Waals surface area (Å²) >= 11 is 0. The van der Waals surface area contributed by atoms with E-state index in [1.807, 2.05) is 25.1 Å². The summed E-state index contributed by atoms with van der Waals surface area (Å²) < 4.78 is 0. The van der Waals surface area contributed by atoms with Crippen LogP contribution in [0.3, 0.4) is 0 Å². The highest BCUT2D eigenvalue weighted by Gasteiger charge is 2.06. The number of aromatic nitrogens is 3. The molecule has 2 aromatic rings. The van der Waals surface area contributed by atoms with Crippen LogP contribution in [-0.2, 0) is 0 Å². The standard InChI is InChI=1S/C11H9N5/c1-7-3-2-4-9(15-7)11-14-6-8(5-12)10(13)16-11/h2-4,6H,1H3,(H2,13,14,16). The van der Waals surface area contributed by atoms with E-state index in [0.717, 1.165) is 5.69 Å². The van der Waals surface area contributed by atoms with Crippen molar-refractivity contribution in [3.63, 3.8) is 0 Å². The van der Waals surface area contributed by atoms with Crippen LogP contribution < -0.4 is 5.73 Å². The summed E-state index contributed by atoms with van der Waals surface area (Å²) in [7, 11) is 0. The SMILES string of the molecule is Cc1cccc(-c2ncc(C#N)c(N)n2)n1. The van der Waals surface area contributed by atoms with Crippen molar-refractivity contribution in [3.05, 3.63) is 35.7 Å². The molecular weight excluding hydrogens is 202 g/mol. The van der Waals surface area contributed by atoms with Crippen molar-refractivity contribution in [1.29, 1.82) is 5.26 Å². The van der Waals surface area contributed by atoms with Gasteiger partial charge in [-0.1, -0.05) is 6.07 Å². The van der Waals surface area contributed by atoms with Gasteiger partial charge in [0.25, 0.3) is 0 Å². The average molecular weight is 211 g/mol. The van der Waals surface area contributed by atoms with Gasteiger partial charge in [-0.25, -0.2) is 15.0 Å². The molecule has 0 bridgehead atoms. The fraction of sp³-hybridized carbons (Fsp3) is 0.0909. The van der Waals surface area contributed by atoms with Gasteiger partial charge in [-0.15, -0.1) is 0 Å². The number of nitrogen functional groups attached to an aromatic ring is 1. The van der Waals surface area contributed by atoms with Crippen LogP contribution in [-0.4, -0.2) is 15.0 Å². The minimum atomic E-state index is 0.177. The monoisotopic (exact) mass is 211 g/mol. The van der Waals surface area contributed by atoms with E-state index in [4.69, 9.17) is 11.0 Å². The van der Waals surface area contributed by atoms with Crippen molar-refractivity contribution >= 4 is 5.82 Å². The third kappa shape index (κ3) is 1.81. The Balaban J connectivity index is 2.50. The van der Waals surface area contributed by atoms with E-state index in [1.165, 1.54) is 6.20 Å². The predicted octanol–water partition coefficient (Wildman–Crippen LogP) is 1.30. The average Bonchev–Trinajstić information content (AvgIpc) is 2.29. The number of nitriles is 1. The Kier molecular flexibility index (Phi) is 2.48. The van der Waals surface area contributed by atoms with Crippen LogP contribution in [0.15, 0.2) is 24.4 Å². The molecule has 0 aliphatic carbocycles. The Labute approximate surface area is 92.6 Å². The fourth-order valence-corrected chi connectivity index (χ4v) is 1.27. The molecule has 5 heteroatoms. The van der Waals surface area contributed by atoms with Crippen LogP contribution in [0.4, 0.5) is 5.82 Å². The first-order chi connectivity index (χ1) is 7.70. The van der Waals surface area contributed by atoms with Crippen LogP contribution in [0.2, 0.25) is 0 Å². The second-order valence-corrected chi connectivity index (χ2v) is 3.27. The number of anilines is 1. The molecule has 16 heavy (non-hydrogen) atoms. The summed E-state index contributed by atoms with van der Waals surface area (Å²) in [4.78, 5) is 12.4. The lowest BCUT2D eigenvalue weighted by Gasteiger charge is -2.02. The lowest BCUT2D eigenvalue weighted by Crippen LogP contribution is -2.00. The maximum Gasteiger partial charge on any atom is 0.180 e. The summed E-state index contributed by atoms with van der Waals surface area (Å²) in [6, 6.07) is 7.47. The second kappa shape index (κ2) is 3.95. The number of rotatable bonds is 1. The third-order valence-electron chi connectivity index (χ3n) is 2.06. The maximum atomic E-state index is 8.70. The van der Waals surface area contributed by atoms with E-state index in [0.29, 0.717) is 11.5 Å². The Hall–Kier alpha value is -2.48. The summed E-state index contributed by atoms with van der Waals surface area (Å²) in [5.74, 6) is 0.607. The van der Waals surface area contributed by atoms with Crippen molar-refractivity contribution in [3.8, 4) is 17.6 Å². The summed E-state index contributed by atoms with van der Waals surface area (Å²) in [5.41, 5.74) is 7.41. The third-order valence-corrected chi connectivity index (χ3v) is 2.06. The van der Waals surface area contributed by atoms with Gasteiger partial charge in [-0.2, -0.15) is 5.26 Å². The van der Waals surface area contributed by atoms with Crippen LogP contribution >= 0.6 is 0 Å². The highest BCUT2D eigenvalue weighted by Crippen LogP contribution is 2.15. The van der Waals surface area contributed by atoms with Crippen molar-refractivity contribution in [2.75, 3.05) is 5.73 Å². The van der Waals surface area contributed by atoms with E-state index in [2.05, 4.69) is 15.0 Å². The van der Waals surface area contributed by atoms with Gasteiger partial charge >= 0.3 is 0 Å². The number of aryl methyl sites for hydroxylation is 1. The molecule has 2 N–H and O–H groups in total. The number of nitrogens with two attached hydrogens (primary N) is 1. The molecule has 5 nitrogen and oxygen atoms in total. The Morgan fingerprint density at radius 2 is 2.12 bits per heavy atom. The molecule has 78 valence electrons. The molecule has 2 rings (SSSR count). The molecule has 0 amide bonds. The largest absolute Gasteiger partial charge is 0.382 e. The minimum absolute atomic E-state index is 0.177. The molecule has 0 radical (unpaired) electrons. The molecule has 2 heterocycles. The Bertz CT molecular complexity index is 571. The highest BCUT2D eigenvalue weighted by atomic mass is 15.0. The number of pyridine rings is 1. The van der Waals surface area contributed by atoms with Crippen molar-refractivity contribution in [2.45, 2.75) is 6.92 Å². The molecule has 0 aliphatic heterocycles. The van der Waals surface area contributed by atoms with Crippen molar-refractivity contribution in [2.24, 2.45) is 0 Å². The zero-order valence-electron chi connectivity index (χ0n) is 8.68. The van der Waals surface area contributed by atoms with Crippen LogP contribution in [0, 0.1) is 18.3 Å². The highest BCUT2D eigenvalue weighted by molar-refractivity contribution is 5.55. The van der Waals surface area contributed by atoms with E-state index in [9.17, 15) is 0 Å². The fourth-order valence-electron chi connectivity index (χ4n) is 1.27. The summed E-state index contributed by atoms with van der Waals surface area (Å²) in [6.45, 7) is 1.89. The predicted molar refractivity (Wildman–Crippen MR) is 59.1 cm³/mol. The zero-order valence-corrected chi connectivity index (χ0v) is 8.68. The summed E-state index contributed by atoms with van der Waals surface area (Å²) in [6.07, 6.45) is 1.40. The molecule has 0 spiro atoms. The molecule has 0 unspecified atom stereocenters. The van der Waals surface area contributed by atoms with Crippen LogP contribution in [0.1, 0.15) is 11.3 Å². The summed E-state index contributed by atoms with van der Waals surface area (Å²) in [5, 5.41) is 8.70. The molecule has 0 saturated carbocycles. The zero-order chi connectivity index (χ0) is 11.5. The van der Waals surface area contributed by atoms with Gasteiger partial charge in [0.2, 0.25) is 0 Å². The molecule has 0 fully saturated rings. The lowest BCUT2D eigenvalue weighted by atomic mass is 10.3. The van der Waals surface area contributed by atoms with Gasteiger partial charge in [0.15, 0.2) is 5.82 Å². The molecule has 0 saturated heterocycles. The van der Waals surface area contributed by atoms with Gasteiger partial charge in [-0.05, 0) is 19.1 Å². The smallest absolute Gasteiger partial charge is 0.180 e. The molecule has 0 aliphatic rings. The van der Waals surface area contributed by atoms with E-state index >= 15 is 0 Å². The van der Waals surface area contributed by atoms with Gasteiger partial charge in [0.05, 0.1) is 6.20 Å². The van der Waals surface area contributed by atoms with Crippen molar-refractivity contribution < 1.29 is 0 Å². The van der Waals surface area contributed by atoms with Gasteiger partial charge in [-0.3, -0.25) is 0 Å². The number of hydrogen-bond acceptors (Lipinski definition) is 5. The Morgan fingerprint density at radius 1 is 1.31 bits per heavy atom. The first-order valence-corrected chi connectivity index (χ1v) is 4.67. The molecule has 2 aromatic heterocycles. The quantitative estimate of drug-likeness (QED) is 0.768. The topological polar surface area (TPSA) is 88.5 Å². The van der Waals surface area contributed by atoms with E-state index in [1.54, 1.807) is 6.07 Å². The Morgan fingerprint density at radius 3 is 2.75 bits per heavy atom. The maximum absolute atomic E-state index is 8.70.